The molecule has 2 rings (SSSR count). The van der Waals surface area contributed by atoms with Crippen LogP contribution in [-0.2, 0) is 4.79 Å². The average Bonchev–Trinajstić information content (AvgIpc) is 2.87. The topological polar surface area (TPSA) is 56.1 Å². The number of hydrogen-bond acceptors (Lipinski definition) is 3. The molecule has 1 N–H and O–H groups in total. The molecule has 1 atom stereocenters. The van der Waals surface area contributed by atoms with Gasteiger partial charge >= 0.3 is 6.18 Å². The van der Waals surface area contributed by atoms with E-state index < -0.39 is 17.6 Å². The number of carbonyl (C=O) groups is 1. The van der Waals surface area contributed by atoms with E-state index >= 15 is 0 Å². The zero-order chi connectivity index (χ0) is 15.5. The number of nitrogens with zero attached hydrogens (tertiary/aromatic N) is 2. The Hall–Kier alpha value is -1.29. The van der Waals surface area contributed by atoms with E-state index in [4.69, 9.17) is 0 Å². The van der Waals surface area contributed by atoms with Crippen LogP contribution in [0.5, 0.6) is 0 Å². The fourth-order valence-electron chi connectivity index (χ4n) is 3.22. The van der Waals surface area contributed by atoms with Gasteiger partial charge < -0.3 is 5.32 Å². The summed E-state index contributed by atoms with van der Waals surface area (Å²) >= 11 is 0. The van der Waals surface area contributed by atoms with E-state index in [9.17, 15) is 23.2 Å². The standard InChI is InChI=1S/C14H20F3N3O/c15-14(16,17)11-4-3-7-20(8-11)9-12(21)19-13(10-18)5-1-2-6-13/h11H,1-9H2,(H,19,21). The van der Waals surface area contributed by atoms with Gasteiger partial charge in [-0.25, -0.2) is 0 Å². The number of halogens is 3. The molecular formula is C14H20F3N3O. The molecule has 1 aliphatic heterocycles. The lowest BCUT2D eigenvalue weighted by molar-refractivity contribution is -0.187. The molecule has 21 heavy (non-hydrogen) atoms. The number of nitrogens with one attached hydrogen (secondary N) is 1. The lowest BCUT2D eigenvalue weighted by Crippen LogP contribution is -2.51. The average molecular weight is 303 g/mol. The van der Waals surface area contributed by atoms with E-state index in [0.717, 1.165) is 12.8 Å². The maximum Gasteiger partial charge on any atom is 0.393 e. The zero-order valence-electron chi connectivity index (χ0n) is 11.9. The fourth-order valence-corrected chi connectivity index (χ4v) is 3.22. The quantitative estimate of drug-likeness (QED) is 0.869. The zero-order valence-corrected chi connectivity index (χ0v) is 11.9. The molecule has 118 valence electrons. The highest BCUT2D eigenvalue weighted by Gasteiger charge is 2.42. The highest BCUT2D eigenvalue weighted by Crippen LogP contribution is 2.33. The van der Waals surface area contributed by atoms with Crippen molar-refractivity contribution >= 4 is 5.91 Å². The molecule has 0 aromatic heterocycles. The summed E-state index contributed by atoms with van der Waals surface area (Å²) in [5, 5.41) is 11.9. The van der Waals surface area contributed by atoms with Gasteiger partial charge in [0.1, 0.15) is 5.54 Å². The number of hydrogen-bond donors (Lipinski definition) is 1. The van der Waals surface area contributed by atoms with Gasteiger partial charge in [-0.05, 0) is 45.1 Å². The number of alkyl halides is 3. The number of carbonyl (C=O) groups excluding carboxylic acids is 1. The van der Waals surface area contributed by atoms with Gasteiger partial charge in [0.2, 0.25) is 5.91 Å². The Balaban J connectivity index is 1.86. The van der Waals surface area contributed by atoms with Gasteiger partial charge in [0.25, 0.3) is 0 Å². The van der Waals surface area contributed by atoms with Crippen molar-refractivity contribution in [2.75, 3.05) is 19.6 Å². The van der Waals surface area contributed by atoms with Crippen molar-refractivity contribution in [1.29, 1.82) is 5.26 Å². The van der Waals surface area contributed by atoms with Crippen molar-refractivity contribution in [3.63, 3.8) is 0 Å². The first kappa shape index (κ1) is 16.1. The van der Waals surface area contributed by atoms with E-state index in [1.807, 2.05) is 0 Å². The molecular weight excluding hydrogens is 283 g/mol. The van der Waals surface area contributed by atoms with Crippen LogP contribution in [0.1, 0.15) is 38.5 Å². The molecule has 1 aliphatic carbocycles. The summed E-state index contributed by atoms with van der Waals surface area (Å²) in [5.41, 5.74) is -0.809. The van der Waals surface area contributed by atoms with Gasteiger partial charge in [0.05, 0.1) is 18.5 Å². The Labute approximate surface area is 122 Å². The molecule has 4 nitrogen and oxygen atoms in total. The van der Waals surface area contributed by atoms with Crippen LogP contribution in [0.4, 0.5) is 13.2 Å². The summed E-state index contributed by atoms with van der Waals surface area (Å²) in [7, 11) is 0. The Morgan fingerprint density at radius 3 is 2.57 bits per heavy atom. The van der Waals surface area contributed by atoms with Crippen molar-refractivity contribution in [1.82, 2.24) is 10.2 Å². The van der Waals surface area contributed by atoms with E-state index in [1.165, 1.54) is 4.90 Å². The van der Waals surface area contributed by atoms with Crippen molar-refractivity contribution in [3.8, 4) is 6.07 Å². The van der Waals surface area contributed by atoms with Crippen LogP contribution in [0.2, 0.25) is 0 Å². The van der Waals surface area contributed by atoms with Crippen LogP contribution in [-0.4, -0.2) is 42.2 Å². The third-order valence-electron chi connectivity index (χ3n) is 4.39. The smallest absolute Gasteiger partial charge is 0.337 e. The Morgan fingerprint density at radius 1 is 1.33 bits per heavy atom. The highest BCUT2D eigenvalue weighted by atomic mass is 19.4. The van der Waals surface area contributed by atoms with Crippen LogP contribution >= 0.6 is 0 Å². The summed E-state index contributed by atoms with van der Waals surface area (Å²) < 4.78 is 38.2. The second-order valence-corrected chi connectivity index (χ2v) is 6.07. The van der Waals surface area contributed by atoms with Crippen LogP contribution in [0, 0.1) is 17.2 Å². The van der Waals surface area contributed by atoms with Crippen LogP contribution < -0.4 is 5.32 Å². The molecule has 7 heteroatoms. The molecule has 2 fully saturated rings. The molecule has 0 bridgehead atoms. The summed E-state index contributed by atoms with van der Waals surface area (Å²) in [6, 6.07) is 2.15. The first-order valence-corrected chi connectivity index (χ1v) is 7.36. The number of rotatable bonds is 3. The van der Waals surface area contributed by atoms with Gasteiger partial charge in [-0.2, -0.15) is 18.4 Å². The molecule has 1 unspecified atom stereocenters. The minimum atomic E-state index is -4.20. The molecule has 1 amide bonds. The minimum Gasteiger partial charge on any atom is -0.337 e. The molecule has 1 saturated carbocycles. The van der Waals surface area contributed by atoms with Crippen molar-refractivity contribution < 1.29 is 18.0 Å². The molecule has 0 aromatic carbocycles. The van der Waals surface area contributed by atoms with E-state index in [-0.39, 0.29) is 25.4 Å². The molecule has 0 spiro atoms. The summed E-state index contributed by atoms with van der Waals surface area (Å²) in [5.74, 6) is -1.70. The summed E-state index contributed by atoms with van der Waals surface area (Å²) in [4.78, 5) is 13.5. The van der Waals surface area contributed by atoms with Gasteiger partial charge in [-0.3, -0.25) is 9.69 Å². The molecule has 1 saturated heterocycles. The van der Waals surface area contributed by atoms with E-state index in [1.54, 1.807) is 0 Å². The maximum atomic E-state index is 12.7. The Bertz CT molecular complexity index is 424. The Kier molecular flexibility index (Phi) is 4.77. The van der Waals surface area contributed by atoms with Gasteiger partial charge in [0, 0.05) is 6.54 Å². The fraction of sp³-hybridized carbons (Fsp3) is 0.857. The van der Waals surface area contributed by atoms with Gasteiger partial charge in [0.15, 0.2) is 0 Å². The first-order chi connectivity index (χ1) is 9.85. The number of nitriles is 1. The molecule has 2 aliphatic rings. The lowest BCUT2D eigenvalue weighted by atomic mass is 9.97. The monoisotopic (exact) mass is 303 g/mol. The van der Waals surface area contributed by atoms with Gasteiger partial charge in [-0.1, -0.05) is 0 Å². The van der Waals surface area contributed by atoms with Crippen LogP contribution in [0.25, 0.3) is 0 Å². The Morgan fingerprint density at radius 2 is 2.00 bits per heavy atom. The third-order valence-corrected chi connectivity index (χ3v) is 4.39. The number of amides is 1. The highest BCUT2D eigenvalue weighted by molar-refractivity contribution is 5.79. The maximum absolute atomic E-state index is 12.7. The van der Waals surface area contributed by atoms with Crippen molar-refractivity contribution in [2.24, 2.45) is 5.92 Å². The minimum absolute atomic E-state index is 0.0595. The van der Waals surface area contributed by atoms with Crippen LogP contribution in [0.15, 0.2) is 0 Å². The SMILES string of the molecule is N#CC1(NC(=O)CN2CCCC(C(F)(F)F)C2)CCCC1. The number of piperidine rings is 1. The second-order valence-electron chi connectivity index (χ2n) is 6.07. The predicted molar refractivity (Wildman–Crippen MR) is 70.2 cm³/mol. The van der Waals surface area contributed by atoms with Crippen molar-refractivity contribution in [3.05, 3.63) is 0 Å². The lowest BCUT2D eigenvalue weighted by Gasteiger charge is -2.34. The second kappa shape index (κ2) is 6.22. The third kappa shape index (κ3) is 4.10. The molecule has 0 aromatic rings. The number of likely N-dealkylation sites (tertiary alicyclic amines) is 1. The molecule has 1 heterocycles. The summed E-state index contributed by atoms with van der Waals surface area (Å²) in [6.07, 6.45) is -0.582. The first-order valence-electron chi connectivity index (χ1n) is 7.36. The van der Waals surface area contributed by atoms with Gasteiger partial charge in [-0.15, -0.1) is 0 Å². The normalized spacial score (nSPS) is 26.3. The largest absolute Gasteiger partial charge is 0.393 e. The van der Waals surface area contributed by atoms with E-state index in [2.05, 4.69) is 11.4 Å². The van der Waals surface area contributed by atoms with Crippen LogP contribution in [0.3, 0.4) is 0 Å². The van der Waals surface area contributed by atoms with E-state index in [0.29, 0.717) is 25.8 Å². The molecule has 0 radical (unpaired) electrons. The van der Waals surface area contributed by atoms with Crippen molar-refractivity contribution in [2.45, 2.75) is 50.2 Å². The summed E-state index contributed by atoms with van der Waals surface area (Å²) in [6.45, 7) is 0.312. The predicted octanol–water partition coefficient (Wildman–Crippen LogP) is 2.21.